The average Bonchev–Trinajstić information content (AvgIpc) is 2.07. The Balaban J connectivity index is 2.51. The summed E-state index contributed by atoms with van der Waals surface area (Å²) >= 11 is 9.05. The zero-order valence-electron chi connectivity index (χ0n) is 7.06. The molecule has 1 aromatic carbocycles. The normalized spacial score (nSPS) is 19.1. The first-order chi connectivity index (χ1) is 6.53. The van der Waals surface area contributed by atoms with Gasteiger partial charge in [-0.1, -0.05) is 11.6 Å². The molecule has 5 heteroatoms. The van der Waals surface area contributed by atoms with Crippen LogP contribution in [0.4, 0.5) is 4.39 Å². The largest absolute Gasteiger partial charge is 0.380 e. The molecule has 1 saturated heterocycles. The van der Waals surface area contributed by atoms with Gasteiger partial charge in [-0.25, -0.2) is 4.39 Å². The summed E-state index contributed by atoms with van der Waals surface area (Å²) in [6.45, 7) is 0.311. The van der Waals surface area contributed by atoms with E-state index in [-0.39, 0.29) is 13.2 Å². The Labute approximate surface area is 93.8 Å². The van der Waals surface area contributed by atoms with Crippen molar-refractivity contribution in [3.63, 3.8) is 0 Å². The van der Waals surface area contributed by atoms with Gasteiger partial charge >= 0.3 is 0 Å². The van der Waals surface area contributed by atoms with E-state index in [1.54, 1.807) is 0 Å². The number of ether oxygens (including phenoxy) is 1. The Hall–Kier alpha value is -0.160. The van der Waals surface area contributed by atoms with Gasteiger partial charge in [0.1, 0.15) is 11.4 Å². The molecule has 1 aliphatic rings. The molecule has 76 valence electrons. The lowest BCUT2D eigenvalue weighted by Crippen LogP contribution is -2.46. The second kappa shape index (κ2) is 3.45. The zero-order chi connectivity index (χ0) is 10.3. The average molecular weight is 282 g/mol. The summed E-state index contributed by atoms with van der Waals surface area (Å²) in [5.74, 6) is -0.434. The highest BCUT2D eigenvalue weighted by molar-refractivity contribution is 9.10. The van der Waals surface area contributed by atoms with Gasteiger partial charge in [0.2, 0.25) is 0 Å². The molecule has 1 aromatic rings. The second-order valence-corrected chi connectivity index (χ2v) is 4.51. The Kier molecular flexibility index (Phi) is 2.55. The van der Waals surface area contributed by atoms with Crippen molar-refractivity contribution in [1.82, 2.24) is 0 Å². The minimum Gasteiger partial charge on any atom is -0.380 e. The maximum Gasteiger partial charge on any atom is 0.138 e. The number of hydrogen-bond acceptors (Lipinski definition) is 2. The van der Waals surface area contributed by atoms with Gasteiger partial charge in [0, 0.05) is 10.0 Å². The van der Waals surface area contributed by atoms with Crippen LogP contribution in [0.15, 0.2) is 16.6 Å². The molecule has 1 aliphatic heterocycles. The summed E-state index contributed by atoms with van der Waals surface area (Å²) in [7, 11) is 0. The molecular weight excluding hydrogens is 274 g/mol. The van der Waals surface area contributed by atoms with Gasteiger partial charge in [-0.2, -0.15) is 0 Å². The van der Waals surface area contributed by atoms with E-state index >= 15 is 0 Å². The summed E-state index contributed by atoms with van der Waals surface area (Å²) in [5.41, 5.74) is -0.765. The van der Waals surface area contributed by atoms with Crippen LogP contribution in [0.2, 0.25) is 5.02 Å². The monoisotopic (exact) mass is 280 g/mol. The van der Waals surface area contributed by atoms with Crippen LogP contribution in [0.1, 0.15) is 5.56 Å². The fourth-order valence-electron chi connectivity index (χ4n) is 1.35. The van der Waals surface area contributed by atoms with Gasteiger partial charge in [-0.15, -0.1) is 0 Å². The van der Waals surface area contributed by atoms with E-state index in [1.807, 2.05) is 0 Å². The van der Waals surface area contributed by atoms with Crippen molar-refractivity contribution in [2.24, 2.45) is 0 Å². The maximum absolute atomic E-state index is 13.1. The first-order valence-electron chi connectivity index (χ1n) is 3.98. The lowest BCUT2D eigenvalue weighted by molar-refractivity contribution is -0.184. The third kappa shape index (κ3) is 1.56. The van der Waals surface area contributed by atoms with Crippen LogP contribution in [0.5, 0.6) is 0 Å². The van der Waals surface area contributed by atoms with Crippen molar-refractivity contribution >= 4 is 27.5 Å². The SMILES string of the molecule is OC1(c2cc(F)cc(Br)c2Cl)COC1. The van der Waals surface area contributed by atoms with Crippen molar-refractivity contribution in [1.29, 1.82) is 0 Å². The lowest BCUT2D eigenvalue weighted by Gasteiger charge is -2.37. The molecule has 0 amide bonds. The minimum atomic E-state index is -1.14. The Morgan fingerprint density at radius 2 is 2.14 bits per heavy atom. The predicted molar refractivity (Wildman–Crippen MR) is 53.8 cm³/mol. The first-order valence-corrected chi connectivity index (χ1v) is 5.15. The highest BCUT2D eigenvalue weighted by Gasteiger charge is 2.40. The van der Waals surface area contributed by atoms with E-state index in [4.69, 9.17) is 16.3 Å². The van der Waals surface area contributed by atoms with Gasteiger partial charge in [-0.05, 0) is 28.1 Å². The Morgan fingerprint density at radius 1 is 1.50 bits per heavy atom. The first kappa shape index (κ1) is 10.4. The van der Waals surface area contributed by atoms with Crippen molar-refractivity contribution in [2.45, 2.75) is 5.60 Å². The standard InChI is InChI=1S/C9H7BrClFO2/c10-7-2-5(12)1-6(8(7)11)9(13)3-14-4-9/h1-2,13H,3-4H2. The third-order valence-electron chi connectivity index (χ3n) is 2.18. The number of halogens is 3. The molecule has 0 saturated carbocycles. The molecule has 0 aromatic heterocycles. The highest BCUT2D eigenvalue weighted by atomic mass is 79.9. The van der Waals surface area contributed by atoms with Crippen LogP contribution in [0.3, 0.4) is 0 Å². The summed E-state index contributed by atoms with van der Waals surface area (Å²) in [6.07, 6.45) is 0. The number of rotatable bonds is 1. The van der Waals surface area contributed by atoms with Gasteiger partial charge in [0.15, 0.2) is 0 Å². The van der Waals surface area contributed by atoms with Crippen molar-refractivity contribution < 1.29 is 14.2 Å². The van der Waals surface area contributed by atoms with Gasteiger partial charge in [-0.3, -0.25) is 0 Å². The van der Waals surface area contributed by atoms with Crippen LogP contribution in [-0.4, -0.2) is 18.3 Å². The number of benzene rings is 1. The van der Waals surface area contributed by atoms with Crippen molar-refractivity contribution in [2.75, 3.05) is 13.2 Å². The van der Waals surface area contributed by atoms with Crippen LogP contribution >= 0.6 is 27.5 Å². The highest BCUT2D eigenvalue weighted by Crippen LogP contribution is 2.38. The molecular formula is C9H7BrClFO2. The quantitative estimate of drug-likeness (QED) is 0.801. The van der Waals surface area contributed by atoms with Gasteiger partial charge < -0.3 is 9.84 Å². The van der Waals surface area contributed by atoms with E-state index in [1.165, 1.54) is 12.1 Å². The number of aliphatic hydroxyl groups is 1. The lowest BCUT2D eigenvalue weighted by atomic mass is 9.92. The molecule has 14 heavy (non-hydrogen) atoms. The molecule has 0 atom stereocenters. The fourth-order valence-corrected chi connectivity index (χ4v) is 2.06. The van der Waals surface area contributed by atoms with E-state index < -0.39 is 11.4 Å². The predicted octanol–water partition coefficient (Wildman–Crippen LogP) is 2.46. The summed E-state index contributed by atoms with van der Waals surface area (Å²) in [5, 5.41) is 10.2. The Morgan fingerprint density at radius 3 is 2.64 bits per heavy atom. The van der Waals surface area contributed by atoms with E-state index in [9.17, 15) is 9.50 Å². The fraction of sp³-hybridized carbons (Fsp3) is 0.333. The van der Waals surface area contributed by atoms with E-state index in [0.29, 0.717) is 15.1 Å². The molecule has 1 heterocycles. The van der Waals surface area contributed by atoms with Gasteiger partial charge in [0.25, 0.3) is 0 Å². The van der Waals surface area contributed by atoms with E-state index in [2.05, 4.69) is 15.9 Å². The Bertz CT molecular complexity index is 379. The van der Waals surface area contributed by atoms with E-state index in [0.717, 1.165) is 0 Å². The summed E-state index contributed by atoms with van der Waals surface area (Å²) in [4.78, 5) is 0. The molecule has 2 nitrogen and oxygen atoms in total. The van der Waals surface area contributed by atoms with Crippen molar-refractivity contribution in [3.05, 3.63) is 33.0 Å². The molecule has 0 spiro atoms. The molecule has 0 aliphatic carbocycles. The molecule has 0 radical (unpaired) electrons. The molecule has 1 fully saturated rings. The molecule has 1 N–H and O–H groups in total. The molecule has 0 unspecified atom stereocenters. The zero-order valence-corrected chi connectivity index (χ0v) is 9.40. The maximum atomic E-state index is 13.1. The van der Waals surface area contributed by atoms with Crippen LogP contribution in [-0.2, 0) is 10.3 Å². The number of hydrogen-bond donors (Lipinski definition) is 1. The summed E-state index contributed by atoms with van der Waals surface area (Å²) < 4.78 is 18.4. The molecule has 0 bridgehead atoms. The van der Waals surface area contributed by atoms with Gasteiger partial charge in [0.05, 0.1) is 18.2 Å². The molecule has 2 rings (SSSR count). The minimum absolute atomic E-state index is 0.155. The summed E-state index contributed by atoms with van der Waals surface area (Å²) in [6, 6.07) is 2.49. The third-order valence-corrected chi connectivity index (χ3v) is 3.44. The smallest absolute Gasteiger partial charge is 0.138 e. The topological polar surface area (TPSA) is 29.5 Å². The van der Waals surface area contributed by atoms with Crippen molar-refractivity contribution in [3.8, 4) is 0 Å². The van der Waals surface area contributed by atoms with Crippen LogP contribution in [0, 0.1) is 5.82 Å². The van der Waals surface area contributed by atoms with Crippen LogP contribution < -0.4 is 0 Å². The van der Waals surface area contributed by atoms with Crippen LogP contribution in [0.25, 0.3) is 0 Å². The second-order valence-electron chi connectivity index (χ2n) is 3.27.